The van der Waals surface area contributed by atoms with Crippen LogP contribution in [0.5, 0.6) is 0 Å². The minimum Gasteiger partial charge on any atom is -0.463 e. The van der Waals surface area contributed by atoms with Gasteiger partial charge in [0, 0.05) is 12.1 Å². The zero-order valence-electron chi connectivity index (χ0n) is 12.4. The molecule has 3 nitrogen and oxygen atoms in total. The third-order valence-corrected chi connectivity index (χ3v) is 4.60. The van der Waals surface area contributed by atoms with Gasteiger partial charge in [0.25, 0.3) is 0 Å². The van der Waals surface area contributed by atoms with Gasteiger partial charge in [-0.25, -0.2) is 0 Å². The summed E-state index contributed by atoms with van der Waals surface area (Å²) in [6, 6.07) is 3.63. The number of hydrogen-bond donors (Lipinski definition) is 1. The Morgan fingerprint density at radius 3 is 2.74 bits per heavy atom. The Kier molecular flexibility index (Phi) is 3.68. The van der Waals surface area contributed by atoms with E-state index in [0.29, 0.717) is 6.04 Å². The maximum absolute atomic E-state index is 6.01. The molecule has 0 radical (unpaired) electrons. The number of hydrogen-bond acceptors (Lipinski definition) is 3. The second kappa shape index (κ2) is 5.29. The van der Waals surface area contributed by atoms with Gasteiger partial charge < -0.3 is 9.73 Å². The fourth-order valence-electron chi connectivity index (χ4n) is 2.70. The van der Waals surface area contributed by atoms with Crippen molar-refractivity contribution in [2.24, 2.45) is 5.92 Å². The van der Waals surface area contributed by atoms with Gasteiger partial charge in [-0.2, -0.15) is 0 Å². The molecule has 0 amide bonds. The Hall–Kier alpha value is -0.800. The Bertz CT molecular complexity index is 432. The van der Waals surface area contributed by atoms with Crippen LogP contribution in [0.3, 0.4) is 0 Å². The van der Waals surface area contributed by atoms with E-state index in [1.165, 1.54) is 31.2 Å². The van der Waals surface area contributed by atoms with Crippen molar-refractivity contribution >= 4 is 0 Å². The van der Waals surface area contributed by atoms with Gasteiger partial charge in [0.05, 0.1) is 13.1 Å². The van der Waals surface area contributed by atoms with Crippen molar-refractivity contribution in [1.82, 2.24) is 10.2 Å². The van der Waals surface area contributed by atoms with Crippen LogP contribution in [0.1, 0.15) is 49.7 Å². The molecule has 2 aliphatic carbocycles. The summed E-state index contributed by atoms with van der Waals surface area (Å²) in [5.41, 5.74) is 1.29. The van der Waals surface area contributed by atoms with Crippen molar-refractivity contribution < 1.29 is 4.42 Å². The lowest BCUT2D eigenvalue weighted by Crippen LogP contribution is -2.30. The minimum atomic E-state index is 0.679. The van der Waals surface area contributed by atoms with Crippen LogP contribution in [0.15, 0.2) is 10.5 Å². The van der Waals surface area contributed by atoms with Gasteiger partial charge in [-0.15, -0.1) is 0 Å². The predicted octanol–water partition coefficient (Wildman–Crippen LogP) is 3.07. The van der Waals surface area contributed by atoms with E-state index in [1.807, 2.05) is 0 Å². The van der Waals surface area contributed by atoms with Crippen LogP contribution in [0.4, 0.5) is 0 Å². The van der Waals surface area contributed by atoms with E-state index < -0.39 is 0 Å². The van der Waals surface area contributed by atoms with Crippen molar-refractivity contribution in [2.45, 2.75) is 64.7 Å². The molecule has 1 aromatic rings. The SMILES string of the molecule is Cc1cc(CN(C)C(C)C2CC2)oc1CNC1CC1. The van der Waals surface area contributed by atoms with Crippen molar-refractivity contribution in [1.29, 1.82) is 0 Å². The quantitative estimate of drug-likeness (QED) is 0.818. The van der Waals surface area contributed by atoms with Crippen molar-refractivity contribution in [3.63, 3.8) is 0 Å². The van der Waals surface area contributed by atoms with Crippen LogP contribution in [0.25, 0.3) is 0 Å². The first-order chi connectivity index (χ1) is 9.13. The van der Waals surface area contributed by atoms with Gasteiger partial charge in [0.2, 0.25) is 0 Å². The fraction of sp³-hybridized carbons (Fsp3) is 0.750. The van der Waals surface area contributed by atoms with E-state index in [9.17, 15) is 0 Å². The maximum atomic E-state index is 6.01. The highest BCUT2D eigenvalue weighted by atomic mass is 16.3. The molecule has 106 valence electrons. The molecule has 2 aliphatic rings. The summed E-state index contributed by atoms with van der Waals surface area (Å²) in [4.78, 5) is 2.42. The molecular formula is C16H26N2O. The first kappa shape index (κ1) is 13.2. The third-order valence-electron chi connectivity index (χ3n) is 4.60. The van der Waals surface area contributed by atoms with Crippen LogP contribution in [-0.4, -0.2) is 24.0 Å². The molecule has 1 N–H and O–H groups in total. The summed E-state index contributed by atoms with van der Waals surface area (Å²) in [5.74, 6) is 3.14. The Labute approximate surface area is 116 Å². The highest BCUT2D eigenvalue weighted by Gasteiger charge is 2.30. The lowest BCUT2D eigenvalue weighted by Gasteiger charge is -2.23. The van der Waals surface area contributed by atoms with Gasteiger partial charge in [-0.1, -0.05) is 0 Å². The van der Waals surface area contributed by atoms with Crippen LogP contribution in [-0.2, 0) is 13.1 Å². The molecule has 1 atom stereocenters. The molecule has 3 heteroatoms. The zero-order chi connectivity index (χ0) is 13.4. The minimum absolute atomic E-state index is 0.679. The Balaban J connectivity index is 1.55. The Morgan fingerprint density at radius 1 is 1.37 bits per heavy atom. The standard InChI is InChI=1S/C16H26N2O/c1-11-8-15(10-18(3)12(2)13-4-5-13)19-16(11)9-17-14-6-7-14/h8,12-14,17H,4-7,9-10H2,1-3H3. The van der Waals surface area contributed by atoms with Crippen LogP contribution < -0.4 is 5.32 Å². The summed E-state index contributed by atoms with van der Waals surface area (Å²) >= 11 is 0. The van der Waals surface area contributed by atoms with E-state index in [2.05, 4.69) is 37.2 Å². The predicted molar refractivity (Wildman–Crippen MR) is 77.0 cm³/mol. The number of furan rings is 1. The van der Waals surface area contributed by atoms with E-state index >= 15 is 0 Å². The van der Waals surface area contributed by atoms with E-state index in [1.54, 1.807) is 0 Å². The fourth-order valence-corrected chi connectivity index (χ4v) is 2.70. The molecule has 0 bridgehead atoms. The summed E-state index contributed by atoms with van der Waals surface area (Å²) in [5, 5.41) is 3.52. The third kappa shape index (κ3) is 3.40. The maximum Gasteiger partial charge on any atom is 0.120 e. The molecule has 1 aromatic heterocycles. The molecule has 0 saturated heterocycles. The monoisotopic (exact) mass is 262 g/mol. The first-order valence-corrected chi connectivity index (χ1v) is 7.65. The molecule has 2 fully saturated rings. The molecule has 1 heterocycles. The van der Waals surface area contributed by atoms with Crippen LogP contribution >= 0.6 is 0 Å². The summed E-state index contributed by atoms with van der Waals surface area (Å²) in [6.07, 6.45) is 5.46. The number of rotatable bonds is 7. The number of nitrogens with one attached hydrogen (secondary N) is 1. The van der Waals surface area contributed by atoms with Gasteiger partial charge in [0.15, 0.2) is 0 Å². The number of nitrogens with zero attached hydrogens (tertiary/aromatic N) is 1. The molecular weight excluding hydrogens is 236 g/mol. The molecule has 2 saturated carbocycles. The number of aryl methyl sites for hydroxylation is 1. The first-order valence-electron chi connectivity index (χ1n) is 7.65. The average molecular weight is 262 g/mol. The molecule has 3 rings (SSSR count). The van der Waals surface area contributed by atoms with Gasteiger partial charge in [-0.05, 0) is 64.1 Å². The van der Waals surface area contributed by atoms with Crippen molar-refractivity contribution in [3.05, 3.63) is 23.2 Å². The zero-order valence-corrected chi connectivity index (χ0v) is 12.4. The molecule has 0 spiro atoms. The van der Waals surface area contributed by atoms with Gasteiger partial charge >= 0.3 is 0 Å². The largest absolute Gasteiger partial charge is 0.463 e. The summed E-state index contributed by atoms with van der Waals surface area (Å²) in [6.45, 7) is 6.31. The van der Waals surface area contributed by atoms with Crippen LogP contribution in [0, 0.1) is 12.8 Å². The Morgan fingerprint density at radius 2 is 2.11 bits per heavy atom. The second-order valence-corrected chi connectivity index (χ2v) is 6.47. The van der Waals surface area contributed by atoms with E-state index in [-0.39, 0.29) is 0 Å². The second-order valence-electron chi connectivity index (χ2n) is 6.47. The lowest BCUT2D eigenvalue weighted by atomic mass is 10.2. The normalized spacial score (nSPS) is 21.1. The van der Waals surface area contributed by atoms with Crippen LogP contribution in [0.2, 0.25) is 0 Å². The molecule has 1 unspecified atom stereocenters. The highest BCUT2D eigenvalue weighted by Crippen LogP contribution is 2.35. The van der Waals surface area contributed by atoms with E-state index in [4.69, 9.17) is 4.42 Å². The molecule has 0 aliphatic heterocycles. The lowest BCUT2D eigenvalue weighted by molar-refractivity contribution is 0.208. The van der Waals surface area contributed by atoms with Gasteiger partial charge in [0.1, 0.15) is 11.5 Å². The van der Waals surface area contributed by atoms with Gasteiger partial charge in [-0.3, -0.25) is 4.90 Å². The topological polar surface area (TPSA) is 28.4 Å². The summed E-state index contributed by atoms with van der Waals surface area (Å²) in [7, 11) is 2.21. The smallest absolute Gasteiger partial charge is 0.120 e. The van der Waals surface area contributed by atoms with Crippen molar-refractivity contribution in [2.75, 3.05) is 7.05 Å². The molecule has 19 heavy (non-hydrogen) atoms. The van der Waals surface area contributed by atoms with Crippen molar-refractivity contribution in [3.8, 4) is 0 Å². The highest BCUT2D eigenvalue weighted by molar-refractivity contribution is 5.20. The summed E-state index contributed by atoms with van der Waals surface area (Å²) < 4.78 is 6.01. The molecule has 0 aromatic carbocycles. The van der Waals surface area contributed by atoms with E-state index in [0.717, 1.165) is 36.6 Å². The average Bonchev–Trinajstić information content (AvgIpc) is 3.26.